The summed E-state index contributed by atoms with van der Waals surface area (Å²) in [7, 11) is -4.09. The molecular formula is C4H9KO3S. The first-order valence-electron chi connectivity index (χ1n) is 2.20. The Balaban J connectivity index is 0. The predicted molar refractivity (Wildman–Crippen MR) is 29.5 cm³/mol. The Morgan fingerprint density at radius 2 is 1.33 bits per heavy atom. The van der Waals surface area contributed by atoms with Crippen LogP contribution in [-0.4, -0.2) is 17.7 Å². The largest absolute Gasteiger partial charge is 1.00 e. The Morgan fingerprint density at radius 1 is 1.22 bits per heavy atom. The van der Waals surface area contributed by atoms with Gasteiger partial charge >= 0.3 is 51.4 Å². The zero-order valence-corrected chi connectivity index (χ0v) is 10.1. The van der Waals surface area contributed by atoms with Gasteiger partial charge in [0.25, 0.3) is 0 Å². The maximum Gasteiger partial charge on any atom is 1.00 e. The van der Waals surface area contributed by atoms with Crippen molar-refractivity contribution in [2.75, 3.05) is 0 Å². The van der Waals surface area contributed by atoms with E-state index in [2.05, 4.69) is 0 Å². The van der Waals surface area contributed by atoms with Gasteiger partial charge in [0, 0.05) is 0 Å². The third-order valence-electron chi connectivity index (χ3n) is 0.750. The summed E-state index contributed by atoms with van der Waals surface area (Å²) in [6.45, 7) is 4.11. The monoisotopic (exact) mass is 176 g/mol. The van der Waals surface area contributed by atoms with Gasteiger partial charge in [-0.15, -0.1) is 0 Å². The van der Waals surface area contributed by atoms with E-state index in [1.807, 2.05) is 0 Å². The number of hydrogen-bond acceptors (Lipinski definition) is 3. The second-order valence-corrected chi connectivity index (χ2v) is 4.70. The van der Waals surface area contributed by atoms with Crippen molar-refractivity contribution < 1.29 is 64.4 Å². The van der Waals surface area contributed by atoms with Crippen molar-refractivity contribution >= 4 is 10.1 Å². The molecule has 9 heavy (non-hydrogen) atoms. The van der Waals surface area contributed by atoms with Crippen molar-refractivity contribution in [3.63, 3.8) is 0 Å². The van der Waals surface area contributed by atoms with Crippen LogP contribution in [0.15, 0.2) is 0 Å². The smallest absolute Gasteiger partial charge is 0.748 e. The van der Waals surface area contributed by atoms with Crippen molar-refractivity contribution in [3.05, 3.63) is 0 Å². The van der Waals surface area contributed by atoms with Gasteiger partial charge in [-0.25, -0.2) is 8.42 Å². The minimum Gasteiger partial charge on any atom is -0.748 e. The topological polar surface area (TPSA) is 57.2 Å². The quantitative estimate of drug-likeness (QED) is 0.299. The SMILES string of the molecule is CC(C)(C)S(=O)(=O)[O-].[K+]. The van der Waals surface area contributed by atoms with Crippen LogP contribution < -0.4 is 51.4 Å². The molecule has 0 aliphatic rings. The molecule has 0 spiro atoms. The zero-order valence-electron chi connectivity index (χ0n) is 6.13. The van der Waals surface area contributed by atoms with Crippen LogP contribution in [0.4, 0.5) is 0 Å². The van der Waals surface area contributed by atoms with Crippen molar-refractivity contribution in [1.82, 2.24) is 0 Å². The summed E-state index contributed by atoms with van der Waals surface area (Å²) in [5, 5.41) is 0. The van der Waals surface area contributed by atoms with Gasteiger partial charge < -0.3 is 4.55 Å². The van der Waals surface area contributed by atoms with Crippen LogP contribution >= 0.6 is 0 Å². The Bertz CT molecular complexity index is 165. The molecule has 0 atom stereocenters. The van der Waals surface area contributed by atoms with E-state index < -0.39 is 14.9 Å². The summed E-state index contributed by atoms with van der Waals surface area (Å²) in [6.07, 6.45) is 0. The maximum atomic E-state index is 10.1. The Labute approximate surface area is 98.4 Å². The molecule has 0 rings (SSSR count). The standard InChI is InChI=1S/C4H10O3S.K/c1-4(2,3)8(5,6)7;/h1-3H3,(H,5,6,7);/q;+1/p-1. The fraction of sp³-hybridized carbons (Fsp3) is 1.00. The molecule has 0 aromatic rings. The molecule has 0 radical (unpaired) electrons. The van der Waals surface area contributed by atoms with Crippen LogP contribution in [0, 0.1) is 0 Å². The first-order valence-corrected chi connectivity index (χ1v) is 3.61. The van der Waals surface area contributed by atoms with Crippen LogP contribution in [0.25, 0.3) is 0 Å². The molecule has 5 heteroatoms. The van der Waals surface area contributed by atoms with Crippen LogP contribution in [0.1, 0.15) is 20.8 Å². The summed E-state index contributed by atoms with van der Waals surface area (Å²) in [6, 6.07) is 0. The van der Waals surface area contributed by atoms with E-state index in [-0.39, 0.29) is 51.4 Å². The number of rotatable bonds is 0. The third kappa shape index (κ3) is 4.89. The summed E-state index contributed by atoms with van der Waals surface area (Å²) in [5.41, 5.74) is 0. The van der Waals surface area contributed by atoms with Gasteiger partial charge in [0.05, 0.1) is 14.9 Å². The average Bonchev–Trinajstić information content (AvgIpc) is 1.25. The summed E-state index contributed by atoms with van der Waals surface area (Å²) < 4.78 is 29.1. The molecule has 0 aliphatic heterocycles. The van der Waals surface area contributed by atoms with Crippen LogP contribution in [0.5, 0.6) is 0 Å². The molecule has 0 bridgehead atoms. The fourth-order valence-corrected chi connectivity index (χ4v) is 0. The van der Waals surface area contributed by atoms with Gasteiger partial charge in [0.15, 0.2) is 0 Å². The first kappa shape index (κ1) is 13.2. The van der Waals surface area contributed by atoms with Gasteiger partial charge in [-0.3, -0.25) is 0 Å². The van der Waals surface area contributed by atoms with E-state index in [0.29, 0.717) is 0 Å². The van der Waals surface area contributed by atoms with Crippen molar-refractivity contribution in [2.24, 2.45) is 0 Å². The van der Waals surface area contributed by atoms with E-state index in [1.165, 1.54) is 20.8 Å². The van der Waals surface area contributed by atoms with Crippen molar-refractivity contribution in [3.8, 4) is 0 Å². The third-order valence-corrected chi connectivity index (χ3v) is 2.25. The Kier molecular flexibility index (Phi) is 5.56. The van der Waals surface area contributed by atoms with E-state index in [0.717, 1.165) is 0 Å². The summed E-state index contributed by atoms with van der Waals surface area (Å²) in [4.78, 5) is 0. The molecule has 0 amide bonds. The van der Waals surface area contributed by atoms with Gasteiger partial charge in [0.2, 0.25) is 0 Å². The minimum absolute atomic E-state index is 0. The molecule has 50 valence electrons. The minimum atomic E-state index is -4.09. The molecule has 0 aromatic heterocycles. The summed E-state index contributed by atoms with van der Waals surface area (Å²) in [5.74, 6) is 0. The van der Waals surface area contributed by atoms with E-state index in [4.69, 9.17) is 0 Å². The zero-order chi connectivity index (χ0) is 7.00. The average molecular weight is 176 g/mol. The molecule has 0 saturated heterocycles. The Morgan fingerprint density at radius 3 is 1.33 bits per heavy atom. The van der Waals surface area contributed by atoms with Crippen LogP contribution in [0.2, 0.25) is 0 Å². The molecule has 0 heterocycles. The molecule has 0 saturated carbocycles. The molecular weight excluding hydrogens is 167 g/mol. The second kappa shape index (κ2) is 3.80. The van der Waals surface area contributed by atoms with Crippen LogP contribution in [0.3, 0.4) is 0 Å². The Hall–Kier alpha value is 1.55. The predicted octanol–water partition coefficient (Wildman–Crippen LogP) is -2.67. The van der Waals surface area contributed by atoms with E-state index >= 15 is 0 Å². The van der Waals surface area contributed by atoms with Crippen molar-refractivity contribution in [1.29, 1.82) is 0 Å². The molecule has 3 nitrogen and oxygen atoms in total. The molecule has 0 fully saturated rings. The molecule has 0 N–H and O–H groups in total. The van der Waals surface area contributed by atoms with Gasteiger partial charge in [0.1, 0.15) is 0 Å². The molecule has 0 aromatic carbocycles. The van der Waals surface area contributed by atoms with E-state index in [1.54, 1.807) is 0 Å². The maximum absolute atomic E-state index is 10.1. The summed E-state index contributed by atoms with van der Waals surface area (Å²) >= 11 is 0. The number of hydrogen-bond donors (Lipinski definition) is 0. The van der Waals surface area contributed by atoms with Crippen molar-refractivity contribution in [2.45, 2.75) is 25.5 Å². The first-order chi connectivity index (χ1) is 3.25. The van der Waals surface area contributed by atoms with Crippen LogP contribution in [-0.2, 0) is 10.1 Å². The second-order valence-electron chi connectivity index (χ2n) is 2.57. The molecule has 0 aliphatic carbocycles. The van der Waals surface area contributed by atoms with E-state index in [9.17, 15) is 13.0 Å². The normalized spacial score (nSPS) is 12.4. The van der Waals surface area contributed by atoms with Gasteiger partial charge in [-0.05, 0) is 20.8 Å². The molecule has 0 unspecified atom stereocenters. The van der Waals surface area contributed by atoms with Gasteiger partial charge in [-0.1, -0.05) is 0 Å². The fourth-order valence-electron chi connectivity index (χ4n) is 0. The van der Waals surface area contributed by atoms with Gasteiger partial charge in [-0.2, -0.15) is 0 Å².